The van der Waals surface area contributed by atoms with Crippen molar-refractivity contribution < 1.29 is 13.9 Å². The fourth-order valence-electron chi connectivity index (χ4n) is 2.96. The van der Waals surface area contributed by atoms with E-state index >= 15 is 0 Å². The van der Waals surface area contributed by atoms with Crippen LogP contribution in [0, 0.1) is 0 Å². The van der Waals surface area contributed by atoms with Gasteiger partial charge in [-0.25, -0.2) is 4.79 Å². The van der Waals surface area contributed by atoms with Crippen LogP contribution in [0.5, 0.6) is 11.5 Å². The third-order valence-electron chi connectivity index (χ3n) is 4.09. The standard InChI is InChI=1S/C17H20O4/c1-5-10-8-14(18)20-16-11-6-7-17(2,3)21-12(11)9-13(19-4)15(10)16/h8-9H,5-7H2,1-4H3. The van der Waals surface area contributed by atoms with Gasteiger partial charge in [-0.3, -0.25) is 0 Å². The highest BCUT2D eigenvalue weighted by molar-refractivity contribution is 5.91. The minimum Gasteiger partial charge on any atom is -0.496 e. The van der Waals surface area contributed by atoms with Gasteiger partial charge in [0.2, 0.25) is 0 Å². The maximum atomic E-state index is 11.8. The number of benzene rings is 1. The monoisotopic (exact) mass is 288 g/mol. The summed E-state index contributed by atoms with van der Waals surface area (Å²) >= 11 is 0. The lowest BCUT2D eigenvalue weighted by molar-refractivity contribution is 0.0845. The number of methoxy groups -OCH3 is 1. The number of hydrogen-bond acceptors (Lipinski definition) is 4. The van der Waals surface area contributed by atoms with Crippen LogP contribution in [0.1, 0.15) is 38.3 Å². The average molecular weight is 288 g/mol. The van der Waals surface area contributed by atoms with Crippen molar-refractivity contribution in [1.29, 1.82) is 0 Å². The summed E-state index contributed by atoms with van der Waals surface area (Å²) in [6.07, 6.45) is 2.48. The average Bonchev–Trinajstić information content (AvgIpc) is 2.43. The molecule has 1 aliphatic heterocycles. The van der Waals surface area contributed by atoms with Gasteiger partial charge in [0.25, 0.3) is 0 Å². The first kappa shape index (κ1) is 14.0. The lowest BCUT2D eigenvalue weighted by Crippen LogP contribution is -2.32. The summed E-state index contributed by atoms with van der Waals surface area (Å²) in [6, 6.07) is 3.46. The number of aryl methyl sites for hydroxylation is 2. The molecule has 4 nitrogen and oxygen atoms in total. The van der Waals surface area contributed by atoms with Crippen molar-refractivity contribution in [2.45, 2.75) is 45.6 Å². The molecule has 0 fully saturated rings. The van der Waals surface area contributed by atoms with Gasteiger partial charge in [0.1, 0.15) is 22.7 Å². The summed E-state index contributed by atoms with van der Waals surface area (Å²) in [4.78, 5) is 11.8. The summed E-state index contributed by atoms with van der Waals surface area (Å²) in [5.74, 6) is 1.45. The van der Waals surface area contributed by atoms with Crippen molar-refractivity contribution >= 4 is 11.0 Å². The molecular weight excluding hydrogens is 268 g/mol. The van der Waals surface area contributed by atoms with Gasteiger partial charge >= 0.3 is 5.63 Å². The van der Waals surface area contributed by atoms with Crippen molar-refractivity contribution in [2.24, 2.45) is 0 Å². The van der Waals surface area contributed by atoms with Crippen LogP contribution < -0.4 is 15.1 Å². The molecule has 1 aliphatic rings. The second-order valence-electron chi connectivity index (χ2n) is 6.07. The Kier molecular flexibility index (Phi) is 3.19. The largest absolute Gasteiger partial charge is 0.496 e. The molecule has 112 valence electrons. The molecule has 0 saturated carbocycles. The molecule has 0 amide bonds. The maximum Gasteiger partial charge on any atom is 0.336 e. The summed E-state index contributed by atoms with van der Waals surface area (Å²) < 4.78 is 17.0. The van der Waals surface area contributed by atoms with E-state index in [9.17, 15) is 4.79 Å². The molecule has 0 aliphatic carbocycles. The Hall–Kier alpha value is -1.97. The number of ether oxygens (including phenoxy) is 2. The predicted molar refractivity (Wildman–Crippen MR) is 81.4 cm³/mol. The summed E-state index contributed by atoms with van der Waals surface area (Å²) in [5, 5.41) is 0.890. The normalized spacial score (nSPS) is 16.4. The lowest BCUT2D eigenvalue weighted by Gasteiger charge is -2.33. The first-order valence-electron chi connectivity index (χ1n) is 7.31. The SMILES string of the molecule is CCc1cc(=O)oc2c3c(cc(OC)c12)OC(C)(C)CC3. The predicted octanol–water partition coefficient (Wildman–Crippen LogP) is 3.47. The number of fused-ring (bicyclic) bond motifs is 3. The molecule has 0 radical (unpaired) electrons. The van der Waals surface area contributed by atoms with E-state index in [1.807, 2.05) is 13.0 Å². The van der Waals surface area contributed by atoms with Crippen LogP contribution >= 0.6 is 0 Å². The van der Waals surface area contributed by atoms with Gasteiger partial charge in [0.15, 0.2) is 0 Å². The van der Waals surface area contributed by atoms with Crippen LogP contribution in [0.15, 0.2) is 21.3 Å². The zero-order chi connectivity index (χ0) is 15.2. The van der Waals surface area contributed by atoms with E-state index in [1.165, 1.54) is 0 Å². The number of rotatable bonds is 2. The molecule has 2 aromatic rings. The van der Waals surface area contributed by atoms with Crippen molar-refractivity contribution in [3.8, 4) is 11.5 Å². The van der Waals surface area contributed by atoms with Crippen LogP contribution in [-0.2, 0) is 12.8 Å². The molecule has 0 saturated heterocycles. The molecular formula is C17H20O4. The molecule has 2 heterocycles. The van der Waals surface area contributed by atoms with Crippen molar-refractivity contribution in [3.05, 3.63) is 33.7 Å². The van der Waals surface area contributed by atoms with Gasteiger partial charge in [0.05, 0.1) is 12.5 Å². The summed E-state index contributed by atoms with van der Waals surface area (Å²) in [7, 11) is 1.62. The third-order valence-corrected chi connectivity index (χ3v) is 4.09. The molecule has 0 bridgehead atoms. The topological polar surface area (TPSA) is 48.7 Å². The van der Waals surface area contributed by atoms with E-state index in [1.54, 1.807) is 13.2 Å². The highest BCUT2D eigenvalue weighted by atomic mass is 16.5. The van der Waals surface area contributed by atoms with Crippen molar-refractivity contribution in [3.63, 3.8) is 0 Å². The molecule has 4 heteroatoms. The Labute approximate surface area is 123 Å². The second-order valence-corrected chi connectivity index (χ2v) is 6.07. The third kappa shape index (κ3) is 2.28. The minimum atomic E-state index is -0.320. The van der Waals surface area contributed by atoms with E-state index in [2.05, 4.69) is 13.8 Å². The van der Waals surface area contributed by atoms with Crippen molar-refractivity contribution in [1.82, 2.24) is 0 Å². The first-order valence-corrected chi connectivity index (χ1v) is 7.31. The van der Waals surface area contributed by atoms with Gasteiger partial charge in [-0.1, -0.05) is 6.92 Å². The Morgan fingerprint density at radius 1 is 1.33 bits per heavy atom. The molecule has 0 N–H and O–H groups in total. The maximum absolute atomic E-state index is 11.8. The molecule has 1 aromatic heterocycles. The molecule has 0 unspecified atom stereocenters. The molecule has 0 atom stereocenters. The van der Waals surface area contributed by atoms with Crippen molar-refractivity contribution in [2.75, 3.05) is 7.11 Å². The zero-order valence-corrected chi connectivity index (χ0v) is 12.9. The second kappa shape index (κ2) is 4.79. The summed E-state index contributed by atoms with van der Waals surface area (Å²) in [5.41, 5.74) is 2.00. The highest BCUT2D eigenvalue weighted by Crippen LogP contribution is 2.42. The molecule has 1 aromatic carbocycles. The van der Waals surface area contributed by atoms with E-state index in [0.717, 1.165) is 41.5 Å². The molecule has 21 heavy (non-hydrogen) atoms. The Bertz CT molecular complexity index is 755. The molecule has 3 rings (SSSR count). The summed E-state index contributed by atoms with van der Waals surface area (Å²) in [6.45, 7) is 6.14. The minimum absolute atomic E-state index is 0.214. The molecule has 0 spiro atoms. The Balaban J connectivity index is 2.38. The Morgan fingerprint density at radius 3 is 2.76 bits per heavy atom. The van der Waals surface area contributed by atoms with Gasteiger partial charge in [0, 0.05) is 17.7 Å². The quantitative estimate of drug-likeness (QED) is 0.794. The number of hydrogen-bond donors (Lipinski definition) is 0. The van der Waals surface area contributed by atoms with Crippen LogP contribution in [0.3, 0.4) is 0 Å². The zero-order valence-electron chi connectivity index (χ0n) is 12.9. The van der Waals surface area contributed by atoms with Crippen LogP contribution in [-0.4, -0.2) is 12.7 Å². The van der Waals surface area contributed by atoms with Gasteiger partial charge in [-0.05, 0) is 38.7 Å². The van der Waals surface area contributed by atoms with E-state index in [0.29, 0.717) is 11.3 Å². The smallest absolute Gasteiger partial charge is 0.336 e. The first-order chi connectivity index (χ1) is 9.95. The van der Waals surface area contributed by atoms with Crippen LogP contribution in [0.4, 0.5) is 0 Å². The van der Waals surface area contributed by atoms with Crippen LogP contribution in [0.2, 0.25) is 0 Å². The van der Waals surface area contributed by atoms with E-state index in [4.69, 9.17) is 13.9 Å². The van der Waals surface area contributed by atoms with E-state index in [-0.39, 0.29) is 11.2 Å². The van der Waals surface area contributed by atoms with Gasteiger partial charge in [-0.2, -0.15) is 0 Å². The fraction of sp³-hybridized carbons (Fsp3) is 0.471. The van der Waals surface area contributed by atoms with Crippen LogP contribution in [0.25, 0.3) is 11.0 Å². The Morgan fingerprint density at radius 2 is 2.10 bits per heavy atom. The van der Waals surface area contributed by atoms with Gasteiger partial charge in [-0.15, -0.1) is 0 Å². The van der Waals surface area contributed by atoms with E-state index < -0.39 is 0 Å². The fourth-order valence-corrected chi connectivity index (χ4v) is 2.96. The lowest BCUT2D eigenvalue weighted by atomic mass is 9.92. The van der Waals surface area contributed by atoms with Gasteiger partial charge < -0.3 is 13.9 Å². The highest BCUT2D eigenvalue weighted by Gasteiger charge is 2.30.